The molecule has 0 heterocycles. The molecule has 0 spiro atoms. The highest BCUT2D eigenvalue weighted by Crippen LogP contribution is 2.01. The van der Waals surface area contributed by atoms with Crippen LogP contribution in [-0.2, 0) is 52.3 Å². The summed E-state index contributed by atoms with van der Waals surface area (Å²) in [6.45, 7) is 7.63. The van der Waals surface area contributed by atoms with Gasteiger partial charge in [-0.05, 0) is 12.8 Å². The minimum absolute atomic E-state index is 0.0255. The minimum atomic E-state index is -0.281. The molecule has 0 aromatic heterocycles. The molecule has 14 nitrogen and oxygen atoms in total. The summed E-state index contributed by atoms with van der Waals surface area (Å²) in [7, 11) is 0. The van der Waals surface area contributed by atoms with E-state index in [4.69, 9.17) is 43.0 Å². The quantitative estimate of drug-likeness (QED) is 0.0564. The molecule has 0 saturated heterocycles. The maximum atomic E-state index is 11.7. The number of nitrogens with one attached hydrogen (secondary N) is 1. The van der Waals surface area contributed by atoms with Gasteiger partial charge < -0.3 is 58.0 Å². The van der Waals surface area contributed by atoms with Gasteiger partial charge in [-0.2, -0.15) is 0 Å². The van der Waals surface area contributed by atoms with Crippen molar-refractivity contribution in [3.05, 3.63) is 0 Å². The summed E-state index contributed by atoms with van der Waals surface area (Å²) in [5.41, 5.74) is 0. The van der Waals surface area contributed by atoms with Gasteiger partial charge in [-0.3, -0.25) is 9.59 Å². The number of hydrogen-bond acceptors (Lipinski definition) is 12. The molecule has 0 bridgehead atoms. The monoisotopic (exact) mass is 582 g/mol. The van der Waals surface area contributed by atoms with E-state index in [0.29, 0.717) is 131 Å². The Hall–Kier alpha value is -1.75. The maximum absolute atomic E-state index is 11.7. The lowest BCUT2D eigenvalue weighted by Gasteiger charge is -2.12. The van der Waals surface area contributed by atoms with Gasteiger partial charge in [0.25, 0.3) is 0 Å². The van der Waals surface area contributed by atoms with Gasteiger partial charge in [-0.15, -0.1) is 0 Å². The van der Waals surface area contributed by atoms with E-state index >= 15 is 0 Å². The van der Waals surface area contributed by atoms with Crippen molar-refractivity contribution in [2.24, 2.45) is 0 Å². The van der Waals surface area contributed by atoms with E-state index in [1.165, 1.54) is 4.90 Å². The second-order valence-corrected chi connectivity index (χ2v) is 8.25. The predicted octanol–water partition coefficient (Wildman–Crippen LogP) is -0.597. The van der Waals surface area contributed by atoms with Crippen LogP contribution in [0, 0.1) is 0 Å². The fourth-order valence-electron chi connectivity index (χ4n) is 2.96. The van der Waals surface area contributed by atoms with Crippen molar-refractivity contribution in [3.8, 4) is 0 Å². The SMILES string of the molecule is O=CCOCCOCCOCCOCCOCCOCCOCCOCCNC(=O)CCCCCN(C=O)CO. The van der Waals surface area contributed by atoms with Crippen LogP contribution < -0.4 is 5.32 Å². The first-order chi connectivity index (χ1) is 19.7. The van der Waals surface area contributed by atoms with Crippen molar-refractivity contribution >= 4 is 18.6 Å². The first kappa shape index (κ1) is 38.2. The number of aliphatic hydroxyl groups excluding tert-OH is 1. The Balaban J connectivity index is 3.15. The number of rotatable bonds is 34. The fourth-order valence-corrected chi connectivity index (χ4v) is 2.96. The molecular weight excluding hydrogens is 532 g/mol. The molecule has 236 valence electrons. The van der Waals surface area contributed by atoms with Crippen molar-refractivity contribution in [2.45, 2.75) is 25.7 Å². The number of amides is 2. The number of ether oxygens (including phenoxy) is 8. The normalized spacial score (nSPS) is 11.0. The Morgan fingerprint density at radius 1 is 0.600 bits per heavy atom. The molecule has 40 heavy (non-hydrogen) atoms. The van der Waals surface area contributed by atoms with Crippen LogP contribution in [0.25, 0.3) is 0 Å². The number of unbranched alkanes of at least 4 members (excludes halogenated alkanes) is 2. The van der Waals surface area contributed by atoms with Crippen molar-refractivity contribution < 1.29 is 57.4 Å². The van der Waals surface area contributed by atoms with Crippen LogP contribution in [0.2, 0.25) is 0 Å². The van der Waals surface area contributed by atoms with Crippen LogP contribution in [0.5, 0.6) is 0 Å². The van der Waals surface area contributed by atoms with Gasteiger partial charge in [0, 0.05) is 19.5 Å². The van der Waals surface area contributed by atoms with Gasteiger partial charge in [0.2, 0.25) is 12.3 Å². The third kappa shape index (κ3) is 30.8. The standard InChI is InChI=1S/C26H50N2O12/c29-7-9-34-11-13-36-15-17-38-19-21-40-23-22-39-20-18-37-16-14-35-12-10-33-8-5-27-26(32)4-2-1-3-6-28(24-30)25-31/h7,24,31H,1-6,8-23,25H2,(H,27,32). The number of carbonyl (C=O) groups is 3. The molecule has 0 aliphatic carbocycles. The number of aliphatic hydroxyl groups is 1. The van der Waals surface area contributed by atoms with E-state index in [0.717, 1.165) is 19.3 Å². The summed E-state index contributed by atoms with van der Waals surface area (Å²) in [4.78, 5) is 33.6. The summed E-state index contributed by atoms with van der Waals surface area (Å²) in [5.74, 6) is -0.0255. The largest absolute Gasteiger partial charge is 0.377 e. The summed E-state index contributed by atoms with van der Waals surface area (Å²) < 4.78 is 42.7. The molecule has 0 aliphatic rings. The number of nitrogens with zero attached hydrogens (tertiary/aromatic N) is 1. The van der Waals surface area contributed by atoms with E-state index in [9.17, 15) is 14.4 Å². The van der Waals surface area contributed by atoms with Crippen LogP contribution in [0.4, 0.5) is 0 Å². The Morgan fingerprint density at radius 2 is 1.02 bits per heavy atom. The molecule has 0 fully saturated rings. The molecule has 0 atom stereocenters. The average Bonchev–Trinajstić information content (AvgIpc) is 2.96. The summed E-state index contributed by atoms with van der Waals surface area (Å²) in [6, 6.07) is 0. The Kier molecular flexibility index (Phi) is 32.0. The van der Waals surface area contributed by atoms with Crippen LogP contribution >= 0.6 is 0 Å². The second kappa shape index (κ2) is 33.5. The zero-order valence-electron chi connectivity index (χ0n) is 23.8. The molecule has 0 aromatic rings. The highest BCUT2D eigenvalue weighted by Gasteiger charge is 2.02. The van der Waals surface area contributed by atoms with Crippen LogP contribution in [0.1, 0.15) is 25.7 Å². The average molecular weight is 583 g/mol. The molecule has 2 N–H and O–H groups in total. The lowest BCUT2D eigenvalue weighted by atomic mass is 10.2. The molecule has 0 aliphatic heterocycles. The molecule has 14 heteroatoms. The van der Waals surface area contributed by atoms with E-state index in [2.05, 4.69) is 5.32 Å². The first-order valence-electron chi connectivity index (χ1n) is 13.9. The van der Waals surface area contributed by atoms with E-state index in [1.807, 2.05) is 0 Å². The van der Waals surface area contributed by atoms with Crippen LogP contribution in [0.3, 0.4) is 0 Å². The van der Waals surface area contributed by atoms with Gasteiger partial charge in [0.15, 0.2) is 0 Å². The van der Waals surface area contributed by atoms with E-state index < -0.39 is 0 Å². The molecule has 0 radical (unpaired) electrons. The molecule has 0 saturated carbocycles. The Bertz CT molecular complexity index is 560. The fraction of sp³-hybridized carbons (Fsp3) is 0.885. The van der Waals surface area contributed by atoms with Gasteiger partial charge in [-0.25, -0.2) is 0 Å². The second-order valence-electron chi connectivity index (χ2n) is 8.25. The summed E-state index contributed by atoms with van der Waals surface area (Å²) in [5, 5.41) is 11.7. The maximum Gasteiger partial charge on any atom is 0.220 e. The molecule has 0 rings (SSSR count). The van der Waals surface area contributed by atoms with Crippen LogP contribution in [0.15, 0.2) is 0 Å². The highest BCUT2D eigenvalue weighted by atomic mass is 16.6. The highest BCUT2D eigenvalue weighted by molar-refractivity contribution is 5.75. The lowest BCUT2D eigenvalue weighted by Crippen LogP contribution is -2.27. The molecule has 2 amide bonds. The smallest absolute Gasteiger partial charge is 0.220 e. The third-order valence-corrected chi connectivity index (χ3v) is 5.04. The van der Waals surface area contributed by atoms with Gasteiger partial charge in [0.1, 0.15) is 19.6 Å². The van der Waals surface area contributed by atoms with Crippen molar-refractivity contribution in [3.63, 3.8) is 0 Å². The Labute approximate surface area is 237 Å². The van der Waals surface area contributed by atoms with Gasteiger partial charge in [0.05, 0.1) is 99.1 Å². The van der Waals surface area contributed by atoms with Gasteiger partial charge in [-0.1, -0.05) is 6.42 Å². The third-order valence-electron chi connectivity index (χ3n) is 5.04. The lowest BCUT2D eigenvalue weighted by molar-refractivity contribution is -0.122. The van der Waals surface area contributed by atoms with E-state index in [-0.39, 0.29) is 19.2 Å². The predicted molar refractivity (Wildman–Crippen MR) is 144 cm³/mol. The number of aldehydes is 1. The van der Waals surface area contributed by atoms with Crippen LogP contribution in [-0.4, -0.2) is 154 Å². The molecule has 0 unspecified atom stereocenters. The molecule has 0 aromatic carbocycles. The van der Waals surface area contributed by atoms with Gasteiger partial charge >= 0.3 is 0 Å². The van der Waals surface area contributed by atoms with Crippen molar-refractivity contribution in [1.29, 1.82) is 0 Å². The summed E-state index contributed by atoms with van der Waals surface area (Å²) in [6.07, 6.45) is 4.05. The zero-order valence-corrected chi connectivity index (χ0v) is 23.8. The van der Waals surface area contributed by atoms with E-state index in [1.54, 1.807) is 0 Å². The number of hydrogen-bond donors (Lipinski definition) is 2. The topological polar surface area (TPSA) is 161 Å². The number of carbonyl (C=O) groups excluding carboxylic acids is 3. The Morgan fingerprint density at radius 3 is 1.43 bits per heavy atom. The zero-order chi connectivity index (χ0) is 29.2. The van der Waals surface area contributed by atoms with Crippen molar-refractivity contribution in [2.75, 3.05) is 126 Å². The minimum Gasteiger partial charge on any atom is -0.377 e. The molecular formula is C26H50N2O12. The first-order valence-corrected chi connectivity index (χ1v) is 13.9. The summed E-state index contributed by atoms with van der Waals surface area (Å²) >= 11 is 0. The van der Waals surface area contributed by atoms with Crippen molar-refractivity contribution in [1.82, 2.24) is 10.2 Å².